The molecule has 0 spiro atoms. The predicted molar refractivity (Wildman–Crippen MR) is 55.5 cm³/mol. The van der Waals surface area contributed by atoms with Crippen LogP contribution in [-0.4, -0.2) is 36.2 Å². The number of carbonyl (C=O) groups excluding carboxylic acids is 1. The Morgan fingerprint density at radius 3 is 2.33 bits per heavy atom. The molecule has 0 aliphatic rings. The molecule has 0 heterocycles. The summed E-state index contributed by atoms with van der Waals surface area (Å²) >= 11 is 0. The summed E-state index contributed by atoms with van der Waals surface area (Å²) in [5, 5.41) is 11.8. The van der Waals surface area contributed by atoms with Gasteiger partial charge in [-0.1, -0.05) is 13.8 Å². The van der Waals surface area contributed by atoms with Gasteiger partial charge in [0.2, 0.25) is 0 Å². The first-order chi connectivity index (χ1) is 6.81. The van der Waals surface area contributed by atoms with Crippen LogP contribution in [0.15, 0.2) is 0 Å². The number of ether oxygens (including phenoxy) is 1. The van der Waals surface area contributed by atoms with Crippen LogP contribution in [-0.2, 0) is 14.3 Å². The van der Waals surface area contributed by atoms with Gasteiger partial charge in [0, 0.05) is 0 Å². The molecule has 0 aliphatic heterocycles. The lowest BCUT2D eigenvalue weighted by Crippen LogP contribution is -2.52. The summed E-state index contributed by atoms with van der Waals surface area (Å²) in [7, 11) is 1.27. The summed E-state index contributed by atoms with van der Waals surface area (Å²) in [5.41, 5.74) is -1.08. The molecule has 0 bridgehead atoms. The van der Waals surface area contributed by atoms with Crippen LogP contribution in [0.5, 0.6) is 0 Å². The minimum absolute atomic E-state index is 0.0913. The maximum atomic E-state index is 11.0. The van der Waals surface area contributed by atoms with Crippen molar-refractivity contribution in [2.24, 2.45) is 5.92 Å². The maximum absolute atomic E-state index is 11.0. The van der Waals surface area contributed by atoms with Gasteiger partial charge in [0.05, 0.1) is 13.7 Å². The standard InChI is InChI=1S/C10H19NO4/c1-7(2)5-10(3,9(13)14)11-6-8(12)15-4/h7,11H,5-6H2,1-4H3,(H,13,14). The van der Waals surface area contributed by atoms with Crippen molar-refractivity contribution in [2.45, 2.75) is 32.7 Å². The lowest BCUT2D eigenvalue weighted by molar-refractivity contribution is -0.146. The second kappa shape index (κ2) is 5.70. The summed E-state index contributed by atoms with van der Waals surface area (Å²) in [6, 6.07) is 0. The smallest absolute Gasteiger partial charge is 0.323 e. The Hall–Kier alpha value is -1.10. The molecule has 5 nitrogen and oxygen atoms in total. The lowest BCUT2D eigenvalue weighted by Gasteiger charge is -2.27. The summed E-state index contributed by atoms with van der Waals surface area (Å²) in [4.78, 5) is 21.9. The lowest BCUT2D eigenvalue weighted by atomic mass is 9.91. The normalized spacial score (nSPS) is 14.7. The average molecular weight is 217 g/mol. The second-order valence-corrected chi connectivity index (χ2v) is 4.16. The number of hydrogen-bond acceptors (Lipinski definition) is 4. The van der Waals surface area contributed by atoms with E-state index < -0.39 is 17.5 Å². The number of carboxylic acid groups (broad SMARTS) is 1. The molecule has 0 amide bonds. The molecule has 5 heteroatoms. The van der Waals surface area contributed by atoms with Crippen LogP contribution >= 0.6 is 0 Å². The molecule has 0 aromatic heterocycles. The summed E-state index contributed by atoms with van der Waals surface area (Å²) in [5.74, 6) is -1.19. The molecule has 0 aromatic carbocycles. The van der Waals surface area contributed by atoms with Gasteiger partial charge < -0.3 is 9.84 Å². The Balaban J connectivity index is 4.38. The first-order valence-corrected chi connectivity index (χ1v) is 4.87. The SMILES string of the molecule is COC(=O)CNC(C)(CC(C)C)C(=O)O. The second-order valence-electron chi connectivity index (χ2n) is 4.16. The van der Waals surface area contributed by atoms with Crippen molar-refractivity contribution in [3.63, 3.8) is 0 Å². The number of nitrogens with one attached hydrogen (secondary N) is 1. The van der Waals surface area contributed by atoms with E-state index in [4.69, 9.17) is 5.11 Å². The van der Waals surface area contributed by atoms with E-state index >= 15 is 0 Å². The van der Waals surface area contributed by atoms with Gasteiger partial charge in [-0.25, -0.2) is 0 Å². The Morgan fingerprint density at radius 1 is 1.47 bits per heavy atom. The average Bonchev–Trinajstić information content (AvgIpc) is 2.12. The fraction of sp³-hybridized carbons (Fsp3) is 0.800. The van der Waals surface area contributed by atoms with Crippen LogP contribution in [0, 0.1) is 5.92 Å². The zero-order valence-corrected chi connectivity index (χ0v) is 9.66. The summed E-state index contributed by atoms with van der Waals surface area (Å²) in [6.45, 7) is 5.34. The highest BCUT2D eigenvalue weighted by Crippen LogP contribution is 2.16. The van der Waals surface area contributed by atoms with Crippen LogP contribution in [0.2, 0.25) is 0 Å². The van der Waals surface area contributed by atoms with Gasteiger partial charge in [-0.05, 0) is 19.3 Å². The van der Waals surface area contributed by atoms with Crippen molar-refractivity contribution in [1.82, 2.24) is 5.32 Å². The highest BCUT2D eigenvalue weighted by molar-refractivity contribution is 5.79. The van der Waals surface area contributed by atoms with Gasteiger partial charge in [-0.2, -0.15) is 0 Å². The first-order valence-electron chi connectivity index (χ1n) is 4.87. The van der Waals surface area contributed by atoms with Gasteiger partial charge in [0.25, 0.3) is 0 Å². The fourth-order valence-electron chi connectivity index (χ4n) is 1.39. The summed E-state index contributed by atoms with van der Waals surface area (Å²) < 4.78 is 4.44. The van der Waals surface area contributed by atoms with Gasteiger partial charge >= 0.3 is 11.9 Å². The minimum atomic E-state index is -1.08. The summed E-state index contributed by atoms with van der Waals surface area (Å²) in [6.07, 6.45) is 0.458. The molecule has 0 aromatic rings. The molecule has 88 valence electrons. The Kier molecular flexibility index (Phi) is 5.28. The molecule has 0 rings (SSSR count). The predicted octanol–water partition coefficient (Wildman–Crippen LogP) is 0.638. The fourth-order valence-corrected chi connectivity index (χ4v) is 1.39. The number of rotatable bonds is 6. The molecule has 0 saturated heterocycles. The zero-order chi connectivity index (χ0) is 12.1. The third kappa shape index (κ3) is 4.78. The van der Waals surface area contributed by atoms with Crippen LogP contribution < -0.4 is 5.32 Å². The Labute approximate surface area is 89.8 Å². The van der Waals surface area contributed by atoms with Gasteiger partial charge in [0.15, 0.2) is 0 Å². The van der Waals surface area contributed by atoms with Crippen LogP contribution in [0.4, 0.5) is 0 Å². The monoisotopic (exact) mass is 217 g/mol. The minimum Gasteiger partial charge on any atom is -0.480 e. The van der Waals surface area contributed by atoms with Crippen LogP contribution in [0.1, 0.15) is 27.2 Å². The topological polar surface area (TPSA) is 75.6 Å². The van der Waals surface area contributed by atoms with E-state index in [1.54, 1.807) is 6.92 Å². The van der Waals surface area contributed by atoms with Crippen molar-refractivity contribution in [1.29, 1.82) is 0 Å². The number of methoxy groups -OCH3 is 1. The molecule has 0 saturated carbocycles. The number of esters is 1. The quantitative estimate of drug-likeness (QED) is 0.638. The number of carbonyl (C=O) groups is 2. The van der Waals surface area contributed by atoms with Crippen molar-refractivity contribution >= 4 is 11.9 Å². The van der Waals surface area contributed by atoms with Crippen molar-refractivity contribution in [3.05, 3.63) is 0 Å². The van der Waals surface area contributed by atoms with Crippen molar-refractivity contribution in [2.75, 3.05) is 13.7 Å². The third-order valence-corrected chi connectivity index (χ3v) is 2.14. The molecule has 0 fully saturated rings. The third-order valence-electron chi connectivity index (χ3n) is 2.14. The van der Waals surface area contributed by atoms with Crippen molar-refractivity contribution in [3.8, 4) is 0 Å². The molecular formula is C10H19NO4. The molecular weight excluding hydrogens is 198 g/mol. The van der Waals surface area contributed by atoms with E-state index in [1.807, 2.05) is 13.8 Å². The first kappa shape index (κ1) is 13.9. The highest BCUT2D eigenvalue weighted by atomic mass is 16.5. The van der Waals surface area contributed by atoms with E-state index in [2.05, 4.69) is 10.1 Å². The van der Waals surface area contributed by atoms with Crippen LogP contribution in [0.3, 0.4) is 0 Å². The number of aliphatic carboxylic acids is 1. The van der Waals surface area contributed by atoms with E-state index in [0.717, 1.165) is 0 Å². The van der Waals surface area contributed by atoms with E-state index in [9.17, 15) is 9.59 Å². The molecule has 1 atom stereocenters. The number of hydrogen-bond donors (Lipinski definition) is 2. The van der Waals surface area contributed by atoms with E-state index in [-0.39, 0.29) is 12.5 Å². The van der Waals surface area contributed by atoms with Gasteiger partial charge in [-0.3, -0.25) is 14.9 Å². The number of carboxylic acids is 1. The van der Waals surface area contributed by atoms with Gasteiger partial charge in [-0.15, -0.1) is 0 Å². The molecule has 15 heavy (non-hydrogen) atoms. The molecule has 2 N–H and O–H groups in total. The molecule has 1 unspecified atom stereocenters. The maximum Gasteiger partial charge on any atom is 0.323 e. The van der Waals surface area contributed by atoms with Crippen LogP contribution in [0.25, 0.3) is 0 Å². The van der Waals surface area contributed by atoms with E-state index in [1.165, 1.54) is 7.11 Å². The van der Waals surface area contributed by atoms with Crippen molar-refractivity contribution < 1.29 is 19.4 Å². The zero-order valence-electron chi connectivity index (χ0n) is 9.66. The Bertz CT molecular complexity index is 240. The van der Waals surface area contributed by atoms with E-state index in [0.29, 0.717) is 6.42 Å². The Morgan fingerprint density at radius 2 is 2.00 bits per heavy atom. The highest BCUT2D eigenvalue weighted by Gasteiger charge is 2.33. The molecule has 0 radical (unpaired) electrons. The van der Waals surface area contributed by atoms with Gasteiger partial charge in [0.1, 0.15) is 5.54 Å². The largest absolute Gasteiger partial charge is 0.480 e. The molecule has 0 aliphatic carbocycles.